The summed E-state index contributed by atoms with van der Waals surface area (Å²) in [5.41, 5.74) is 0. The molecule has 1 aliphatic rings. The highest BCUT2D eigenvalue weighted by Gasteiger charge is 2.22. The number of aromatic nitrogens is 2. The predicted molar refractivity (Wildman–Crippen MR) is 58.0 cm³/mol. The first-order valence-electron chi connectivity index (χ1n) is 4.86. The van der Waals surface area contributed by atoms with Gasteiger partial charge in [0.2, 0.25) is 11.8 Å². The molecule has 0 bridgehead atoms. The fraction of sp³-hybridized carbons (Fsp3) is 0.778. The van der Waals surface area contributed by atoms with Crippen LogP contribution in [0.1, 0.15) is 30.5 Å². The standard InChI is InChI=1S/C9H13ClN2OS/c10-4-1-2-8-11-12-9(13-8)7-3-5-14-6-7/h7H,1-6H2. The molecule has 2 heterocycles. The molecule has 1 aromatic heterocycles. The van der Waals surface area contributed by atoms with Crippen molar-refractivity contribution in [1.29, 1.82) is 0 Å². The Bertz CT molecular complexity index is 286. The number of aryl methyl sites for hydroxylation is 1. The van der Waals surface area contributed by atoms with Crippen LogP contribution < -0.4 is 0 Å². The third-order valence-corrected chi connectivity index (χ3v) is 3.72. The highest BCUT2D eigenvalue weighted by Crippen LogP contribution is 2.31. The van der Waals surface area contributed by atoms with E-state index in [9.17, 15) is 0 Å². The number of alkyl halides is 1. The summed E-state index contributed by atoms with van der Waals surface area (Å²) in [5.74, 6) is 5.02. The molecule has 2 rings (SSSR count). The summed E-state index contributed by atoms with van der Waals surface area (Å²) in [6, 6.07) is 0. The number of nitrogens with zero attached hydrogens (tertiary/aromatic N) is 2. The maximum atomic E-state index is 5.59. The van der Waals surface area contributed by atoms with Crippen LogP contribution in [0.5, 0.6) is 0 Å². The average molecular weight is 233 g/mol. The third kappa shape index (κ3) is 2.42. The van der Waals surface area contributed by atoms with Crippen molar-refractivity contribution >= 4 is 23.4 Å². The Morgan fingerprint density at radius 3 is 3.14 bits per heavy atom. The Kier molecular flexibility index (Phi) is 3.70. The first-order chi connectivity index (χ1) is 6.90. The summed E-state index contributed by atoms with van der Waals surface area (Å²) in [5, 5.41) is 8.09. The Hall–Kier alpha value is -0.220. The first-order valence-corrected chi connectivity index (χ1v) is 6.55. The first kappa shape index (κ1) is 10.3. The lowest BCUT2D eigenvalue weighted by Crippen LogP contribution is -1.95. The molecule has 0 amide bonds. The van der Waals surface area contributed by atoms with Gasteiger partial charge in [0.05, 0.1) is 0 Å². The highest BCUT2D eigenvalue weighted by atomic mass is 35.5. The molecular weight excluding hydrogens is 220 g/mol. The Morgan fingerprint density at radius 2 is 2.43 bits per heavy atom. The van der Waals surface area contributed by atoms with Gasteiger partial charge in [-0.15, -0.1) is 21.8 Å². The van der Waals surface area contributed by atoms with Gasteiger partial charge >= 0.3 is 0 Å². The van der Waals surface area contributed by atoms with Gasteiger partial charge in [-0.1, -0.05) is 0 Å². The van der Waals surface area contributed by atoms with Crippen LogP contribution in [0.4, 0.5) is 0 Å². The van der Waals surface area contributed by atoms with Crippen LogP contribution in [0.2, 0.25) is 0 Å². The minimum atomic E-state index is 0.484. The van der Waals surface area contributed by atoms with Crippen molar-refractivity contribution in [3.8, 4) is 0 Å². The van der Waals surface area contributed by atoms with Crippen LogP contribution in [-0.4, -0.2) is 27.6 Å². The number of thioether (sulfide) groups is 1. The monoisotopic (exact) mass is 232 g/mol. The molecule has 0 spiro atoms. The van der Waals surface area contributed by atoms with E-state index in [2.05, 4.69) is 10.2 Å². The normalized spacial score (nSPS) is 21.6. The van der Waals surface area contributed by atoms with Gasteiger partial charge in [0, 0.05) is 24.0 Å². The van der Waals surface area contributed by atoms with E-state index in [0.717, 1.165) is 30.4 Å². The molecule has 0 aliphatic carbocycles. The summed E-state index contributed by atoms with van der Waals surface area (Å²) in [4.78, 5) is 0. The van der Waals surface area contributed by atoms with Crippen molar-refractivity contribution in [3.63, 3.8) is 0 Å². The largest absolute Gasteiger partial charge is 0.425 e. The molecule has 0 N–H and O–H groups in total. The Balaban J connectivity index is 1.94. The van der Waals surface area contributed by atoms with Gasteiger partial charge in [0.1, 0.15) is 0 Å². The lowest BCUT2D eigenvalue weighted by Gasteiger charge is -1.99. The van der Waals surface area contributed by atoms with E-state index < -0.39 is 0 Å². The molecule has 1 fully saturated rings. The fourth-order valence-corrected chi connectivity index (χ4v) is 2.83. The highest BCUT2D eigenvalue weighted by molar-refractivity contribution is 7.99. The summed E-state index contributed by atoms with van der Waals surface area (Å²) < 4.78 is 5.58. The Labute approximate surface area is 92.6 Å². The maximum Gasteiger partial charge on any atom is 0.220 e. The SMILES string of the molecule is ClCCCc1nnc(C2CCSC2)o1. The molecule has 1 saturated heterocycles. The van der Waals surface area contributed by atoms with Crippen LogP contribution in [0.3, 0.4) is 0 Å². The second-order valence-electron chi connectivity index (χ2n) is 3.39. The van der Waals surface area contributed by atoms with E-state index in [-0.39, 0.29) is 0 Å². The fourth-order valence-electron chi connectivity index (χ4n) is 1.48. The molecule has 1 aliphatic heterocycles. The van der Waals surface area contributed by atoms with E-state index in [1.165, 1.54) is 12.2 Å². The molecular formula is C9H13ClN2OS. The second kappa shape index (κ2) is 5.03. The van der Waals surface area contributed by atoms with Gasteiger partial charge < -0.3 is 4.42 Å². The molecule has 78 valence electrons. The number of hydrogen-bond donors (Lipinski definition) is 0. The summed E-state index contributed by atoms with van der Waals surface area (Å²) in [6.07, 6.45) is 2.88. The second-order valence-corrected chi connectivity index (χ2v) is 4.91. The summed E-state index contributed by atoms with van der Waals surface area (Å²) in [6.45, 7) is 0. The van der Waals surface area contributed by atoms with Gasteiger partial charge in [-0.2, -0.15) is 11.8 Å². The molecule has 5 heteroatoms. The van der Waals surface area contributed by atoms with Crippen molar-refractivity contribution < 1.29 is 4.42 Å². The minimum absolute atomic E-state index is 0.484. The van der Waals surface area contributed by atoms with E-state index in [1.54, 1.807) is 0 Å². The third-order valence-electron chi connectivity index (χ3n) is 2.29. The van der Waals surface area contributed by atoms with Crippen LogP contribution in [0.15, 0.2) is 4.42 Å². The molecule has 1 unspecified atom stereocenters. The molecule has 3 nitrogen and oxygen atoms in total. The average Bonchev–Trinajstić information content (AvgIpc) is 2.85. The lowest BCUT2D eigenvalue weighted by molar-refractivity contribution is 0.424. The summed E-state index contributed by atoms with van der Waals surface area (Å²) >= 11 is 7.55. The van der Waals surface area contributed by atoms with Gasteiger partial charge in [-0.25, -0.2) is 0 Å². The van der Waals surface area contributed by atoms with Crippen molar-refractivity contribution in [2.45, 2.75) is 25.2 Å². The van der Waals surface area contributed by atoms with Gasteiger partial charge in [-0.3, -0.25) is 0 Å². The van der Waals surface area contributed by atoms with Crippen LogP contribution in [0.25, 0.3) is 0 Å². The number of halogens is 1. The minimum Gasteiger partial charge on any atom is -0.425 e. The number of hydrogen-bond acceptors (Lipinski definition) is 4. The molecule has 0 saturated carbocycles. The zero-order chi connectivity index (χ0) is 9.80. The van der Waals surface area contributed by atoms with E-state index >= 15 is 0 Å². The molecule has 14 heavy (non-hydrogen) atoms. The smallest absolute Gasteiger partial charge is 0.220 e. The molecule has 0 radical (unpaired) electrons. The van der Waals surface area contributed by atoms with Crippen molar-refractivity contribution in [1.82, 2.24) is 10.2 Å². The maximum absolute atomic E-state index is 5.59. The molecule has 1 aromatic rings. The molecule has 1 atom stereocenters. The van der Waals surface area contributed by atoms with E-state index in [1.807, 2.05) is 11.8 Å². The predicted octanol–water partition coefficient (Wildman–Crippen LogP) is 2.46. The van der Waals surface area contributed by atoms with Crippen LogP contribution in [-0.2, 0) is 6.42 Å². The van der Waals surface area contributed by atoms with Gasteiger partial charge in [-0.05, 0) is 18.6 Å². The number of rotatable bonds is 4. The van der Waals surface area contributed by atoms with Gasteiger partial charge in [0.15, 0.2) is 0 Å². The zero-order valence-electron chi connectivity index (χ0n) is 7.91. The van der Waals surface area contributed by atoms with Crippen LogP contribution in [0, 0.1) is 0 Å². The van der Waals surface area contributed by atoms with Crippen molar-refractivity contribution in [2.24, 2.45) is 0 Å². The van der Waals surface area contributed by atoms with Crippen molar-refractivity contribution in [3.05, 3.63) is 11.8 Å². The van der Waals surface area contributed by atoms with E-state index in [0.29, 0.717) is 11.8 Å². The lowest BCUT2D eigenvalue weighted by atomic mass is 10.1. The summed E-state index contributed by atoms with van der Waals surface area (Å²) in [7, 11) is 0. The van der Waals surface area contributed by atoms with Crippen LogP contribution >= 0.6 is 23.4 Å². The zero-order valence-corrected chi connectivity index (χ0v) is 9.48. The van der Waals surface area contributed by atoms with Crippen molar-refractivity contribution in [2.75, 3.05) is 17.4 Å². The quantitative estimate of drug-likeness (QED) is 0.748. The molecule has 0 aromatic carbocycles. The van der Waals surface area contributed by atoms with E-state index in [4.69, 9.17) is 16.0 Å². The Morgan fingerprint density at radius 1 is 1.50 bits per heavy atom. The topological polar surface area (TPSA) is 38.9 Å². The van der Waals surface area contributed by atoms with Gasteiger partial charge in [0.25, 0.3) is 0 Å².